The summed E-state index contributed by atoms with van der Waals surface area (Å²) in [6, 6.07) is 1.12. The first-order valence-electron chi connectivity index (χ1n) is 5.31. The molecule has 1 aromatic rings. The Morgan fingerprint density at radius 3 is 2.38 bits per heavy atom. The van der Waals surface area contributed by atoms with Gasteiger partial charge in [0.05, 0.1) is 6.61 Å². The van der Waals surface area contributed by atoms with E-state index in [-0.39, 0.29) is 4.47 Å². The topological polar surface area (TPSA) is 55.4 Å². The van der Waals surface area contributed by atoms with E-state index in [0.29, 0.717) is 6.07 Å². The molecule has 1 rings (SSSR count). The highest BCUT2D eigenvalue weighted by Gasteiger charge is 2.27. The molecule has 0 radical (unpaired) electrons. The van der Waals surface area contributed by atoms with Crippen LogP contribution in [0.1, 0.15) is 0 Å². The van der Waals surface area contributed by atoms with Crippen molar-refractivity contribution in [2.75, 3.05) is 19.8 Å². The molecule has 120 valence electrons. The van der Waals surface area contributed by atoms with Crippen molar-refractivity contribution in [1.29, 1.82) is 0 Å². The number of hydrogen-bond acceptors (Lipinski definition) is 3. The van der Waals surface area contributed by atoms with Gasteiger partial charge in [-0.25, -0.2) is 21.9 Å². The van der Waals surface area contributed by atoms with E-state index < -0.39 is 52.5 Å². The van der Waals surface area contributed by atoms with Crippen molar-refractivity contribution in [2.45, 2.75) is 11.1 Å². The maximum atomic E-state index is 13.5. The lowest BCUT2D eigenvalue weighted by atomic mass is 10.3. The minimum absolute atomic E-state index is 0.344. The summed E-state index contributed by atoms with van der Waals surface area (Å²) in [5, 5.41) is 0. The Bertz CT molecular complexity index is 582. The smallest absolute Gasteiger partial charge is 0.371 e. The van der Waals surface area contributed by atoms with Gasteiger partial charge in [-0.2, -0.15) is 13.2 Å². The fourth-order valence-electron chi connectivity index (χ4n) is 1.29. The molecule has 0 spiro atoms. The van der Waals surface area contributed by atoms with E-state index in [4.69, 9.17) is 0 Å². The van der Waals surface area contributed by atoms with Gasteiger partial charge >= 0.3 is 6.18 Å². The summed E-state index contributed by atoms with van der Waals surface area (Å²) in [6.07, 6.45) is -4.52. The van der Waals surface area contributed by atoms with Gasteiger partial charge in [0.1, 0.15) is 23.1 Å². The minimum atomic E-state index is -4.52. The van der Waals surface area contributed by atoms with Gasteiger partial charge in [0.25, 0.3) is 0 Å². The Hall–Kier alpha value is -0.780. The summed E-state index contributed by atoms with van der Waals surface area (Å²) >= 11 is 2.70. The normalized spacial score (nSPS) is 12.7. The molecule has 1 aromatic carbocycles. The average molecular weight is 398 g/mol. The van der Waals surface area contributed by atoms with Crippen LogP contribution in [0.25, 0.3) is 0 Å². The number of ether oxygens (including phenoxy) is 1. The van der Waals surface area contributed by atoms with E-state index in [1.807, 2.05) is 4.72 Å². The van der Waals surface area contributed by atoms with E-state index >= 15 is 0 Å². The van der Waals surface area contributed by atoms with E-state index in [0.717, 1.165) is 6.07 Å². The van der Waals surface area contributed by atoms with Gasteiger partial charge in [-0.15, -0.1) is 0 Å². The number of halogens is 6. The predicted octanol–water partition coefficient (Wildman–Crippen LogP) is 2.58. The maximum absolute atomic E-state index is 13.5. The third-order valence-electron chi connectivity index (χ3n) is 2.04. The summed E-state index contributed by atoms with van der Waals surface area (Å²) in [4.78, 5) is -0.834. The van der Waals surface area contributed by atoms with Crippen molar-refractivity contribution in [3.8, 4) is 0 Å². The second-order valence-corrected chi connectivity index (χ2v) is 6.32. The molecule has 0 amide bonds. The van der Waals surface area contributed by atoms with Crippen LogP contribution in [0.15, 0.2) is 21.5 Å². The van der Waals surface area contributed by atoms with Crippen molar-refractivity contribution in [3.63, 3.8) is 0 Å². The first kappa shape index (κ1) is 18.3. The van der Waals surface area contributed by atoms with Crippen molar-refractivity contribution < 1.29 is 35.1 Å². The van der Waals surface area contributed by atoms with E-state index in [9.17, 15) is 30.4 Å². The van der Waals surface area contributed by atoms with Gasteiger partial charge in [-0.3, -0.25) is 0 Å². The quantitative estimate of drug-likeness (QED) is 0.592. The van der Waals surface area contributed by atoms with Crippen LogP contribution in [-0.2, 0) is 14.8 Å². The zero-order valence-electron chi connectivity index (χ0n) is 10.2. The molecular formula is C10H9BrF5NO3S. The Balaban J connectivity index is 2.67. The second-order valence-electron chi connectivity index (χ2n) is 3.76. The minimum Gasteiger partial charge on any atom is -0.371 e. The molecule has 0 atom stereocenters. The van der Waals surface area contributed by atoms with Crippen LogP contribution in [-0.4, -0.2) is 34.4 Å². The molecule has 0 bridgehead atoms. The Morgan fingerprint density at radius 2 is 1.86 bits per heavy atom. The van der Waals surface area contributed by atoms with Gasteiger partial charge in [0.15, 0.2) is 0 Å². The molecule has 0 unspecified atom stereocenters. The monoisotopic (exact) mass is 397 g/mol. The second kappa shape index (κ2) is 6.99. The van der Waals surface area contributed by atoms with E-state index in [1.165, 1.54) is 0 Å². The highest BCUT2D eigenvalue weighted by atomic mass is 79.9. The average Bonchev–Trinajstić information content (AvgIpc) is 2.24. The molecule has 11 heteroatoms. The Kier molecular flexibility index (Phi) is 6.08. The lowest BCUT2D eigenvalue weighted by molar-refractivity contribution is -0.173. The molecule has 0 saturated heterocycles. The van der Waals surface area contributed by atoms with Gasteiger partial charge in [0.2, 0.25) is 10.0 Å². The highest BCUT2D eigenvalue weighted by Crippen LogP contribution is 2.25. The molecule has 1 N–H and O–H groups in total. The summed E-state index contributed by atoms with van der Waals surface area (Å²) in [6.45, 7) is -2.58. The standard InChI is InChI=1S/C10H9BrF5NO3S/c11-7-3-6(12)4-8(13)9(7)21(18,19)17-1-2-20-5-10(14,15)16/h3-4,17H,1-2,5H2. The predicted molar refractivity (Wildman–Crippen MR) is 66.1 cm³/mol. The molecule has 0 saturated carbocycles. The zero-order chi connectivity index (χ0) is 16.3. The largest absolute Gasteiger partial charge is 0.411 e. The number of sulfonamides is 1. The molecule has 4 nitrogen and oxygen atoms in total. The first-order chi connectivity index (χ1) is 9.53. The van der Waals surface area contributed by atoms with Gasteiger partial charge in [-0.1, -0.05) is 0 Å². The molecule has 0 heterocycles. The molecule has 0 aliphatic carbocycles. The summed E-state index contributed by atoms with van der Waals surface area (Å²) in [7, 11) is -4.35. The zero-order valence-corrected chi connectivity index (χ0v) is 12.6. The molecule has 0 aliphatic heterocycles. The van der Waals surface area contributed by atoms with E-state index in [1.54, 1.807) is 0 Å². The van der Waals surface area contributed by atoms with Crippen LogP contribution in [0.3, 0.4) is 0 Å². The number of nitrogens with one attached hydrogen (secondary N) is 1. The van der Waals surface area contributed by atoms with Gasteiger partial charge < -0.3 is 4.74 Å². The SMILES string of the molecule is O=S(=O)(NCCOCC(F)(F)F)c1c(F)cc(F)cc1Br. The lowest BCUT2D eigenvalue weighted by Gasteiger charge is -2.11. The summed E-state index contributed by atoms with van der Waals surface area (Å²) in [5.74, 6) is -2.31. The fourth-order valence-corrected chi connectivity index (χ4v) is 3.47. The van der Waals surface area contributed by atoms with E-state index in [2.05, 4.69) is 20.7 Å². The summed E-state index contributed by atoms with van der Waals surface area (Å²) in [5.41, 5.74) is 0. The van der Waals surface area contributed by atoms with Crippen LogP contribution in [0, 0.1) is 11.6 Å². The third-order valence-corrected chi connectivity index (χ3v) is 4.46. The number of rotatable bonds is 6. The Labute approximate surface area is 125 Å². The lowest BCUT2D eigenvalue weighted by Crippen LogP contribution is -2.30. The third kappa shape index (κ3) is 5.85. The van der Waals surface area contributed by atoms with Crippen LogP contribution in [0.5, 0.6) is 0 Å². The van der Waals surface area contributed by atoms with Gasteiger partial charge in [0, 0.05) is 17.1 Å². The number of alkyl halides is 3. The van der Waals surface area contributed by atoms with Crippen molar-refractivity contribution in [1.82, 2.24) is 4.72 Å². The molecule has 0 aromatic heterocycles. The van der Waals surface area contributed by atoms with Gasteiger partial charge in [-0.05, 0) is 22.0 Å². The summed E-state index contributed by atoms with van der Waals surface area (Å²) < 4.78 is 90.9. The number of benzene rings is 1. The van der Waals surface area contributed by atoms with Crippen LogP contribution in [0.4, 0.5) is 22.0 Å². The van der Waals surface area contributed by atoms with Crippen molar-refractivity contribution in [3.05, 3.63) is 28.2 Å². The van der Waals surface area contributed by atoms with Crippen LogP contribution < -0.4 is 4.72 Å². The molecule has 0 fully saturated rings. The fraction of sp³-hybridized carbons (Fsp3) is 0.400. The van der Waals surface area contributed by atoms with Crippen LogP contribution >= 0.6 is 15.9 Å². The van der Waals surface area contributed by atoms with Crippen LogP contribution in [0.2, 0.25) is 0 Å². The number of hydrogen-bond donors (Lipinski definition) is 1. The highest BCUT2D eigenvalue weighted by molar-refractivity contribution is 9.10. The van der Waals surface area contributed by atoms with Crippen molar-refractivity contribution in [2.24, 2.45) is 0 Å². The van der Waals surface area contributed by atoms with Crippen molar-refractivity contribution >= 4 is 26.0 Å². The molecular weight excluding hydrogens is 389 g/mol. The molecule has 21 heavy (non-hydrogen) atoms. The Morgan fingerprint density at radius 1 is 1.24 bits per heavy atom. The first-order valence-corrected chi connectivity index (χ1v) is 7.59. The maximum Gasteiger partial charge on any atom is 0.411 e. The molecule has 0 aliphatic rings.